The molecule has 2 unspecified atom stereocenters. The lowest BCUT2D eigenvalue weighted by atomic mass is 10.1. The molecule has 32 heavy (non-hydrogen) atoms. The van der Waals surface area contributed by atoms with E-state index < -0.39 is 0 Å². The fourth-order valence-electron chi connectivity index (χ4n) is 4.93. The highest BCUT2D eigenvalue weighted by Gasteiger charge is 2.26. The lowest BCUT2D eigenvalue weighted by molar-refractivity contribution is -0.0721. The zero-order valence-electron chi connectivity index (χ0n) is 19.5. The van der Waals surface area contributed by atoms with Crippen LogP contribution >= 0.6 is 35.3 Å². The summed E-state index contributed by atoms with van der Waals surface area (Å²) in [5.74, 6) is 1.07. The Kier molecular flexibility index (Phi) is 11.5. The fourth-order valence-corrected chi connectivity index (χ4v) is 5.79. The number of ether oxygens (including phenoxy) is 2. The molecule has 4 rings (SSSR count). The van der Waals surface area contributed by atoms with Gasteiger partial charge in [0.1, 0.15) is 0 Å². The largest absolute Gasteiger partial charge is 0.376 e. The molecular weight excluding hydrogens is 535 g/mol. The number of guanidine groups is 1. The van der Waals surface area contributed by atoms with Crippen LogP contribution in [0.1, 0.15) is 62.8 Å². The summed E-state index contributed by atoms with van der Waals surface area (Å²) in [5.41, 5.74) is 0. The highest BCUT2D eigenvalue weighted by Crippen LogP contribution is 2.29. The van der Waals surface area contributed by atoms with Crippen molar-refractivity contribution < 1.29 is 9.47 Å². The standard InChI is InChI=1S/C24H40N4O2S.HI/c1-2-25-24(26-18-22(23-9-7-17-31-23)27-12-4-5-13-27)28-14-10-20(11-15-28)30-19-21-8-3-6-16-29-21;/h7,9,17,20-22H,2-6,8,10-16,18-19H2,1H3,(H,25,26);1H. The molecule has 0 saturated carbocycles. The van der Waals surface area contributed by atoms with Crippen LogP contribution in [0.3, 0.4) is 0 Å². The highest BCUT2D eigenvalue weighted by molar-refractivity contribution is 14.0. The van der Waals surface area contributed by atoms with Gasteiger partial charge in [0.05, 0.1) is 31.4 Å². The number of hydrogen-bond donors (Lipinski definition) is 1. The van der Waals surface area contributed by atoms with Gasteiger partial charge in [0.15, 0.2) is 5.96 Å². The summed E-state index contributed by atoms with van der Waals surface area (Å²) in [4.78, 5) is 11.6. The van der Waals surface area contributed by atoms with Crippen molar-refractivity contribution in [2.45, 2.75) is 70.1 Å². The van der Waals surface area contributed by atoms with Crippen LogP contribution in [0.4, 0.5) is 0 Å². The van der Waals surface area contributed by atoms with Crippen LogP contribution in [0.15, 0.2) is 22.5 Å². The Balaban J connectivity index is 0.00000289. The predicted octanol–water partition coefficient (Wildman–Crippen LogP) is 4.52. The quantitative estimate of drug-likeness (QED) is 0.280. The summed E-state index contributed by atoms with van der Waals surface area (Å²) in [6.07, 6.45) is 9.05. The molecule has 0 bridgehead atoms. The summed E-state index contributed by atoms with van der Waals surface area (Å²) < 4.78 is 12.0. The molecule has 8 heteroatoms. The first kappa shape index (κ1) is 26.2. The predicted molar refractivity (Wildman–Crippen MR) is 143 cm³/mol. The van der Waals surface area contributed by atoms with Gasteiger partial charge in [-0.2, -0.15) is 0 Å². The Bertz CT molecular complexity index is 655. The Morgan fingerprint density at radius 2 is 2.00 bits per heavy atom. The van der Waals surface area contributed by atoms with Gasteiger partial charge < -0.3 is 19.7 Å². The van der Waals surface area contributed by atoms with Crippen molar-refractivity contribution in [1.82, 2.24) is 15.1 Å². The molecule has 4 heterocycles. The first-order valence-corrected chi connectivity index (χ1v) is 13.3. The zero-order chi connectivity index (χ0) is 21.3. The van der Waals surface area contributed by atoms with Gasteiger partial charge in [-0.1, -0.05) is 6.07 Å². The van der Waals surface area contributed by atoms with E-state index >= 15 is 0 Å². The van der Waals surface area contributed by atoms with E-state index in [0.717, 1.165) is 64.6 Å². The summed E-state index contributed by atoms with van der Waals surface area (Å²) in [6, 6.07) is 4.85. The maximum absolute atomic E-state index is 6.21. The molecule has 1 aromatic rings. The van der Waals surface area contributed by atoms with Crippen molar-refractivity contribution in [3.05, 3.63) is 22.4 Å². The number of rotatable bonds is 8. The zero-order valence-corrected chi connectivity index (χ0v) is 22.7. The Morgan fingerprint density at radius 1 is 1.19 bits per heavy atom. The molecular formula is C24H41IN4O2S. The molecule has 3 aliphatic heterocycles. The molecule has 6 nitrogen and oxygen atoms in total. The number of piperidine rings is 1. The molecule has 0 aliphatic carbocycles. The third-order valence-electron chi connectivity index (χ3n) is 6.74. The Labute approximate surface area is 215 Å². The Hall–Kier alpha value is -0.420. The molecule has 1 N–H and O–H groups in total. The minimum Gasteiger partial charge on any atom is -0.376 e. The van der Waals surface area contributed by atoms with E-state index in [1.807, 2.05) is 11.3 Å². The van der Waals surface area contributed by atoms with Gasteiger partial charge in [-0.05, 0) is 76.4 Å². The van der Waals surface area contributed by atoms with Crippen LogP contribution in [0, 0.1) is 0 Å². The maximum Gasteiger partial charge on any atom is 0.193 e. The van der Waals surface area contributed by atoms with E-state index in [9.17, 15) is 0 Å². The van der Waals surface area contributed by atoms with E-state index in [1.165, 1.54) is 43.6 Å². The molecule has 182 valence electrons. The first-order chi connectivity index (χ1) is 15.3. The lowest BCUT2D eigenvalue weighted by Crippen LogP contribution is -2.47. The molecule has 1 aromatic heterocycles. The van der Waals surface area contributed by atoms with Crippen LogP contribution in [0.5, 0.6) is 0 Å². The Morgan fingerprint density at radius 3 is 2.66 bits per heavy atom. The molecule has 0 radical (unpaired) electrons. The number of thiophene rings is 1. The number of hydrogen-bond acceptors (Lipinski definition) is 5. The number of nitrogens with one attached hydrogen (secondary N) is 1. The van der Waals surface area contributed by atoms with E-state index in [4.69, 9.17) is 14.5 Å². The van der Waals surface area contributed by atoms with E-state index in [1.54, 1.807) is 0 Å². The van der Waals surface area contributed by atoms with Crippen LogP contribution in [0.25, 0.3) is 0 Å². The number of nitrogens with zero attached hydrogens (tertiary/aromatic N) is 3. The van der Waals surface area contributed by atoms with Gasteiger partial charge in [0, 0.05) is 31.1 Å². The number of aliphatic imine (C=N–C) groups is 1. The molecule has 0 amide bonds. The monoisotopic (exact) mass is 576 g/mol. The topological polar surface area (TPSA) is 49.3 Å². The second-order valence-corrected chi connectivity index (χ2v) is 9.96. The third-order valence-corrected chi connectivity index (χ3v) is 7.71. The van der Waals surface area contributed by atoms with Gasteiger partial charge >= 0.3 is 0 Å². The fraction of sp³-hybridized carbons (Fsp3) is 0.792. The van der Waals surface area contributed by atoms with Gasteiger partial charge in [0.2, 0.25) is 0 Å². The average Bonchev–Trinajstić information content (AvgIpc) is 3.53. The summed E-state index contributed by atoms with van der Waals surface area (Å²) in [5, 5.41) is 5.73. The summed E-state index contributed by atoms with van der Waals surface area (Å²) >= 11 is 1.86. The maximum atomic E-state index is 6.21. The molecule has 2 atom stereocenters. The molecule has 0 aromatic carbocycles. The van der Waals surface area contributed by atoms with Crippen LogP contribution in [0.2, 0.25) is 0 Å². The van der Waals surface area contributed by atoms with Gasteiger partial charge in [-0.25, -0.2) is 0 Å². The van der Waals surface area contributed by atoms with Crippen LogP contribution in [-0.4, -0.2) is 80.4 Å². The smallest absolute Gasteiger partial charge is 0.193 e. The summed E-state index contributed by atoms with van der Waals surface area (Å²) in [7, 11) is 0. The molecule has 3 saturated heterocycles. The second-order valence-electron chi connectivity index (χ2n) is 8.98. The van der Waals surface area contributed by atoms with E-state index in [-0.39, 0.29) is 24.0 Å². The second kappa shape index (κ2) is 14.1. The van der Waals surface area contributed by atoms with Crippen molar-refractivity contribution in [3.8, 4) is 0 Å². The van der Waals surface area contributed by atoms with Gasteiger partial charge in [-0.15, -0.1) is 35.3 Å². The van der Waals surface area contributed by atoms with E-state index in [0.29, 0.717) is 18.2 Å². The SMILES string of the molecule is CCNC(=NCC(c1cccs1)N1CCCC1)N1CCC(OCC2CCCCO2)CC1.I. The minimum absolute atomic E-state index is 0. The minimum atomic E-state index is 0. The highest BCUT2D eigenvalue weighted by atomic mass is 127. The van der Waals surface area contributed by atoms with Crippen molar-refractivity contribution in [3.63, 3.8) is 0 Å². The molecule has 3 aliphatic rings. The van der Waals surface area contributed by atoms with Crippen molar-refractivity contribution in [1.29, 1.82) is 0 Å². The van der Waals surface area contributed by atoms with Crippen LogP contribution < -0.4 is 5.32 Å². The summed E-state index contributed by atoms with van der Waals surface area (Å²) in [6.45, 7) is 9.97. The number of likely N-dealkylation sites (tertiary alicyclic amines) is 2. The molecule has 0 spiro atoms. The van der Waals surface area contributed by atoms with Gasteiger partial charge in [-0.3, -0.25) is 9.89 Å². The van der Waals surface area contributed by atoms with E-state index in [2.05, 4.69) is 39.6 Å². The van der Waals surface area contributed by atoms with Crippen molar-refractivity contribution in [2.75, 3.05) is 52.5 Å². The molecule has 3 fully saturated rings. The van der Waals surface area contributed by atoms with Crippen LogP contribution in [-0.2, 0) is 9.47 Å². The normalized spacial score (nSPS) is 24.3. The lowest BCUT2D eigenvalue weighted by Gasteiger charge is -2.35. The van der Waals surface area contributed by atoms with Crippen molar-refractivity contribution in [2.24, 2.45) is 4.99 Å². The average molecular weight is 577 g/mol. The number of halogens is 1. The van der Waals surface area contributed by atoms with Gasteiger partial charge in [0.25, 0.3) is 0 Å². The first-order valence-electron chi connectivity index (χ1n) is 12.4. The van der Waals surface area contributed by atoms with Crippen molar-refractivity contribution >= 4 is 41.3 Å². The third kappa shape index (κ3) is 7.55.